The maximum absolute atomic E-state index is 12.1. The van der Waals surface area contributed by atoms with Crippen molar-refractivity contribution in [2.24, 2.45) is 0 Å². The molecule has 0 bridgehead atoms. The van der Waals surface area contributed by atoms with Crippen LogP contribution in [-0.2, 0) is 11.3 Å². The Morgan fingerprint density at radius 2 is 1.64 bits per heavy atom. The first kappa shape index (κ1) is 15.4. The van der Waals surface area contributed by atoms with Crippen LogP contribution in [0.25, 0.3) is 0 Å². The van der Waals surface area contributed by atoms with Gasteiger partial charge in [-0.1, -0.05) is 0 Å². The van der Waals surface area contributed by atoms with Crippen molar-refractivity contribution in [1.29, 1.82) is 0 Å². The number of nitrogens with zero attached hydrogens (tertiary/aromatic N) is 2. The molecule has 0 radical (unpaired) electrons. The Labute approximate surface area is 127 Å². The largest absolute Gasteiger partial charge is 0.326 e. The summed E-state index contributed by atoms with van der Waals surface area (Å²) in [6, 6.07) is 9.38. The summed E-state index contributed by atoms with van der Waals surface area (Å²) in [7, 11) is 0. The lowest BCUT2D eigenvalue weighted by Crippen LogP contribution is -2.25. The number of carbonyl (C=O) groups excluding carboxylic acids is 2. The first-order chi connectivity index (χ1) is 10.5. The van der Waals surface area contributed by atoms with Crippen LogP contribution in [0.2, 0.25) is 0 Å². The predicted molar refractivity (Wildman–Crippen MR) is 82.9 cm³/mol. The van der Waals surface area contributed by atoms with E-state index in [0.29, 0.717) is 17.9 Å². The first-order valence-electron chi connectivity index (χ1n) is 6.76. The fourth-order valence-corrected chi connectivity index (χ4v) is 1.83. The summed E-state index contributed by atoms with van der Waals surface area (Å²) in [5.41, 5.74) is 1.12. The number of hydrogen-bond acceptors (Lipinski definition) is 4. The van der Waals surface area contributed by atoms with Crippen LogP contribution in [0.4, 0.5) is 11.4 Å². The van der Waals surface area contributed by atoms with E-state index in [4.69, 9.17) is 0 Å². The number of rotatable bonds is 4. The van der Waals surface area contributed by atoms with Gasteiger partial charge in [-0.3, -0.25) is 14.4 Å². The third-order valence-corrected chi connectivity index (χ3v) is 2.86. The van der Waals surface area contributed by atoms with Gasteiger partial charge in [0, 0.05) is 30.9 Å². The van der Waals surface area contributed by atoms with Crippen LogP contribution in [0.5, 0.6) is 0 Å². The number of amides is 2. The van der Waals surface area contributed by atoms with Crippen LogP contribution in [-0.4, -0.2) is 21.6 Å². The van der Waals surface area contributed by atoms with Crippen LogP contribution < -0.4 is 16.2 Å². The van der Waals surface area contributed by atoms with Gasteiger partial charge < -0.3 is 10.6 Å². The third-order valence-electron chi connectivity index (χ3n) is 2.86. The monoisotopic (exact) mass is 300 g/mol. The average molecular weight is 300 g/mol. The highest BCUT2D eigenvalue weighted by Crippen LogP contribution is 2.14. The predicted octanol–water partition coefficient (Wildman–Crippen LogP) is 1.47. The van der Waals surface area contributed by atoms with Gasteiger partial charge in [0.15, 0.2) is 0 Å². The molecule has 22 heavy (non-hydrogen) atoms. The van der Waals surface area contributed by atoms with Crippen LogP contribution in [0.3, 0.4) is 0 Å². The maximum atomic E-state index is 12.1. The molecule has 1 aromatic heterocycles. The van der Waals surface area contributed by atoms with Crippen LogP contribution >= 0.6 is 0 Å². The highest BCUT2D eigenvalue weighted by Gasteiger charge is 2.09. The van der Waals surface area contributed by atoms with Gasteiger partial charge in [-0.2, -0.15) is 5.10 Å². The molecule has 0 unspecified atom stereocenters. The molecule has 114 valence electrons. The minimum Gasteiger partial charge on any atom is -0.326 e. The summed E-state index contributed by atoms with van der Waals surface area (Å²) in [4.78, 5) is 34.5. The van der Waals surface area contributed by atoms with Crippen molar-refractivity contribution in [3.05, 3.63) is 52.4 Å². The molecule has 1 heterocycles. The highest BCUT2D eigenvalue weighted by molar-refractivity contribution is 6.02. The second kappa shape index (κ2) is 6.66. The molecule has 0 spiro atoms. The minimum absolute atomic E-state index is 0.160. The Balaban J connectivity index is 2.11. The zero-order valence-corrected chi connectivity index (χ0v) is 12.3. The Kier molecular flexibility index (Phi) is 4.67. The molecule has 0 aliphatic rings. The molecule has 0 aliphatic carbocycles. The second-order valence-electron chi connectivity index (χ2n) is 4.59. The summed E-state index contributed by atoms with van der Waals surface area (Å²) in [5.74, 6) is -0.572. The first-order valence-corrected chi connectivity index (χ1v) is 6.76. The molecule has 2 N–H and O–H groups in total. The van der Waals surface area contributed by atoms with Gasteiger partial charge in [-0.25, -0.2) is 4.68 Å². The zero-order chi connectivity index (χ0) is 16.1. The van der Waals surface area contributed by atoms with E-state index in [0.717, 1.165) is 0 Å². The van der Waals surface area contributed by atoms with Crippen molar-refractivity contribution in [1.82, 2.24) is 9.78 Å². The molecule has 2 amide bonds. The van der Waals surface area contributed by atoms with Crippen molar-refractivity contribution in [3.63, 3.8) is 0 Å². The average Bonchev–Trinajstić information content (AvgIpc) is 2.49. The Bertz CT molecular complexity index is 750. The minimum atomic E-state index is -0.408. The molecule has 2 aromatic rings. The van der Waals surface area contributed by atoms with Crippen molar-refractivity contribution in [3.8, 4) is 0 Å². The van der Waals surface area contributed by atoms with Gasteiger partial charge in [-0.05, 0) is 37.3 Å². The quantitative estimate of drug-likeness (QED) is 0.894. The fourth-order valence-electron chi connectivity index (χ4n) is 1.83. The lowest BCUT2D eigenvalue weighted by molar-refractivity contribution is -0.114. The number of aromatic nitrogens is 2. The Morgan fingerprint density at radius 3 is 2.18 bits per heavy atom. The molecule has 0 aliphatic heterocycles. The summed E-state index contributed by atoms with van der Waals surface area (Å²) >= 11 is 0. The van der Waals surface area contributed by atoms with Crippen molar-refractivity contribution in [2.75, 3.05) is 10.6 Å². The van der Waals surface area contributed by atoms with Gasteiger partial charge in [0.1, 0.15) is 5.69 Å². The molecule has 7 heteroatoms. The molecule has 0 saturated heterocycles. The number of aryl methyl sites for hydroxylation is 1. The third kappa shape index (κ3) is 3.78. The van der Waals surface area contributed by atoms with E-state index < -0.39 is 5.91 Å². The second-order valence-corrected chi connectivity index (χ2v) is 4.59. The van der Waals surface area contributed by atoms with Gasteiger partial charge in [-0.15, -0.1) is 0 Å². The molecule has 0 atom stereocenters. The number of benzene rings is 1. The highest BCUT2D eigenvalue weighted by atomic mass is 16.2. The van der Waals surface area contributed by atoms with E-state index in [-0.39, 0.29) is 17.2 Å². The van der Waals surface area contributed by atoms with Crippen molar-refractivity contribution in [2.45, 2.75) is 20.4 Å². The number of carbonyl (C=O) groups is 2. The van der Waals surface area contributed by atoms with Gasteiger partial charge >= 0.3 is 0 Å². The van der Waals surface area contributed by atoms with Gasteiger partial charge in [0.2, 0.25) is 5.91 Å². The Hall–Kier alpha value is -2.96. The lowest BCUT2D eigenvalue weighted by Gasteiger charge is -2.07. The number of nitrogens with one attached hydrogen (secondary N) is 2. The van der Waals surface area contributed by atoms with Gasteiger partial charge in [0.25, 0.3) is 11.5 Å². The lowest BCUT2D eigenvalue weighted by atomic mass is 10.2. The summed E-state index contributed by atoms with van der Waals surface area (Å²) < 4.78 is 1.22. The fraction of sp³-hybridized carbons (Fsp3) is 0.200. The SMILES string of the molecule is CCn1nc(C(=O)Nc2ccc(NC(C)=O)cc2)ccc1=O. The van der Waals surface area contributed by atoms with E-state index >= 15 is 0 Å². The topological polar surface area (TPSA) is 93.1 Å². The summed E-state index contributed by atoms with van der Waals surface area (Å²) in [6.45, 7) is 3.59. The molecule has 0 fully saturated rings. The van der Waals surface area contributed by atoms with E-state index in [1.165, 1.54) is 23.7 Å². The molecular weight excluding hydrogens is 284 g/mol. The number of hydrogen-bond donors (Lipinski definition) is 2. The van der Waals surface area contributed by atoms with Crippen molar-refractivity contribution >= 4 is 23.2 Å². The van der Waals surface area contributed by atoms with Crippen LogP contribution in [0.15, 0.2) is 41.2 Å². The molecular formula is C15H16N4O3. The molecule has 2 rings (SSSR count). The maximum Gasteiger partial charge on any atom is 0.276 e. The normalized spacial score (nSPS) is 10.1. The summed E-state index contributed by atoms with van der Waals surface area (Å²) in [5, 5.41) is 9.30. The number of anilines is 2. The molecule has 7 nitrogen and oxygen atoms in total. The smallest absolute Gasteiger partial charge is 0.276 e. The van der Waals surface area contributed by atoms with E-state index in [9.17, 15) is 14.4 Å². The molecule has 0 saturated carbocycles. The van der Waals surface area contributed by atoms with E-state index in [1.54, 1.807) is 31.2 Å². The van der Waals surface area contributed by atoms with Crippen molar-refractivity contribution < 1.29 is 9.59 Å². The summed E-state index contributed by atoms with van der Waals surface area (Å²) in [6.07, 6.45) is 0. The van der Waals surface area contributed by atoms with E-state index in [2.05, 4.69) is 15.7 Å². The zero-order valence-electron chi connectivity index (χ0n) is 12.3. The molecule has 1 aromatic carbocycles. The van der Waals surface area contributed by atoms with Gasteiger partial charge in [0.05, 0.1) is 0 Å². The standard InChI is InChI=1S/C15H16N4O3/c1-3-19-14(21)9-8-13(18-19)15(22)17-12-6-4-11(5-7-12)16-10(2)20/h4-9H,3H2,1-2H3,(H,16,20)(H,17,22). The van der Waals surface area contributed by atoms with Crippen LogP contribution in [0.1, 0.15) is 24.3 Å². The Morgan fingerprint density at radius 1 is 1.05 bits per heavy atom. The van der Waals surface area contributed by atoms with E-state index in [1.807, 2.05) is 0 Å². The van der Waals surface area contributed by atoms with Crippen LogP contribution in [0, 0.1) is 0 Å².